The number of hydrogen-bond acceptors (Lipinski definition) is 5. The maximum Gasteiger partial charge on any atom is 0.340 e. The Bertz CT molecular complexity index is 1030. The van der Waals surface area contributed by atoms with Crippen molar-refractivity contribution in [2.75, 3.05) is 20.3 Å². The molecule has 31 heavy (non-hydrogen) atoms. The summed E-state index contributed by atoms with van der Waals surface area (Å²) >= 11 is 0. The Labute approximate surface area is 181 Å². The topological polar surface area (TPSA) is 65.1 Å². The van der Waals surface area contributed by atoms with Gasteiger partial charge in [0, 0.05) is 12.3 Å². The van der Waals surface area contributed by atoms with Crippen LogP contribution in [0, 0.1) is 0 Å². The zero-order chi connectivity index (χ0) is 21.8. The number of para-hydroxylation sites is 1. The molecule has 1 unspecified atom stereocenters. The van der Waals surface area contributed by atoms with Gasteiger partial charge in [0.1, 0.15) is 11.5 Å². The van der Waals surface area contributed by atoms with Crippen LogP contribution in [0.5, 0.6) is 11.5 Å². The number of rotatable bonds is 6. The first-order chi connectivity index (χ1) is 15.1. The van der Waals surface area contributed by atoms with E-state index in [-0.39, 0.29) is 12.0 Å². The zero-order valence-electron chi connectivity index (χ0n) is 17.7. The average Bonchev–Trinajstić information content (AvgIpc) is 3.37. The lowest BCUT2D eigenvalue weighted by Gasteiger charge is -2.21. The second kappa shape index (κ2) is 9.18. The van der Waals surface area contributed by atoms with E-state index in [0.717, 1.165) is 24.2 Å². The van der Waals surface area contributed by atoms with Gasteiger partial charge in [0.25, 0.3) is 5.91 Å². The molecule has 1 fully saturated rings. The summed E-state index contributed by atoms with van der Waals surface area (Å²) in [7, 11) is 1.32. The van der Waals surface area contributed by atoms with Crippen molar-refractivity contribution in [1.82, 2.24) is 4.90 Å². The molecule has 2 aromatic carbocycles. The van der Waals surface area contributed by atoms with Gasteiger partial charge in [-0.05, 0) is 55.7 Å². The van der Waals surface area contributed by atoms with Crippen LogP contribution in [-0.4, -0.2) is 43.1 Å². The third-order valence-corrected chi connectivity index (χ3v) is 5.46. The van der Waals surface area contributed by atoms with Gasteiger partial charge in [0.05, 0.1) is 30.9 Å². The average molecular weight is 419 g/mol. The van der Waals surface area contributed by atoms with E-state index in [2.05, 4.69) is 0 Å². The Morgan fingerprint density at radius 2 is 1.94 bits per heavy atom. The molecule has 2 aliphatic rings. The van der Waals surface area contributed by atoms with Gasteiger partial charge in [-0.25, -0.2) is 4.79 Å². The number of ether oxygens (including phenoxy) is 3. The third kappa shape index (κ3) is 4.54. The van der Waals surface area contributed by atoms with Gasteiger partial charge in [-0.1, -0.05) is 30.3 Å². The van der Waals surface area contributed by atoms with Crippen molar-refractivity contribution in [3.8, 4) is 11.5 Å². The molecule has 0 radical (unpaired) electrons. The number of methoxy groups -OCH3 is 1. The number of esters is 1. The Hall–Kier alpha value is -3.38. The van der Waals surface area contributed by atoms with Crippen molar-refractivity contribution in [2.45, 2.75) is 25.9 Å². The summed E-state index contributed by atoms with van der Waals surface area (Å²) in [5, 5.41) is 0. The normalized spacial score (nSPS) is 19.9. The monoisotopic (exact) mass is 419 g/mol. The highest BCUT2D eigenvalue weighted by atomic mass is 16.5. The molecular weight excluding hydrogens is 394 g/mol. The van der Waals surface area contributed by atoms with Crippen LogP contribution in [0.4, 0.5) is 0 Å². The van der Waals surface area contributed by atoms with Crippen molar-refractivity contribution in [3.05, 3.63) is 77.0 Å². The molecule has 6 nitrogen and oxygen atoms in total. The molecule has 0 aromatic heterocycles. The molecule has 160 valence electrons. The van der Waals surface area contributed by atoms with E-state index in [0.29, 0.717) is 35.7 Å². The fourth-order valence-corrected chi connectivity index (χ4v) is 3.90. The predicted octanol–water partition coefficient (Wildman–Crippen LogP) is 4.33. The molecule has 2 aliphatic heterocycles. The summed E-state index contributed by atoms with van der Waals surface area (Å²) in [4.78, 5) is 27.4. The second-order valence-corrected chi connectivity index (χ2v) is 7.55. The maximum atomic E-state index is 13.2. The molecule has 0 saturated carbocycles. The van der Waals surface area contributed by atoms with E-state index in [1.807, 2.05) is 54.6 Å². The van der Waals surface area contributed by atoms with Gasteiger partial charge >= 0.3 is 5.97 Å². The molecule has 2 heterocycles. The fraction of sp³-hybridized carbons (Fsp3) is 0.280. The highest BCUT2D eigenvalue weighted by Gasteiger charge is 2.38. The number of nitrogens with zero attached hydrogens (tertiary/aromatic N) is 1. The van der Waals surface area contributed by atoms with Gasteiger partial charge in [0.2, 0.25) is 0 Å². The number of hydrogen-bond donors (Lipinski definition) is 0. The first kappa shape index (κ1) is 20.9. The lowest BCUT2D eigenvalue weighted by molar-refractivity contribution is -0.136. The molecule has 1 saturated heterocycles. The Morgan fingerprint density at radius 1 is 1.16 bits per heavy atom. The van der Waals surface area contributed by atoms with Crippen LogP contribution in [0.1, 0.15) is 25.3 Å². The molecule has 1 amide bonds. The molecule has 2 aromatic rings. The van der Waals surface area contributed by atoms with E-state index in [4.69, 9.17) is 14.2 Å². The van der Waals surface area contributed by atoms with E-state index in [1.165, 1.54) is 7.11 Å². The molecule has 0 aliphatic carbocycles. The smallest absolute Gasteiger partial charge is 0.340 e. The number of carbonyl (C=O) groups is 2. The lowest BCUT2D eigenvalue weighted by atomic mass is 10.0. The molecular formula is C25H25NO5. The van der Waals surface area contributed by atoms with Crippen LogP contribution in [0.3, 0.4) is 0 Å². The molecule has 0 spiro atoms. The van der Waals surface area contributed by atoms with Crippen molar-refractivity contribution >= 4 is 18.0 Å². The summed E-state index contributed by atoms with van der Waals surface area (Å²) < 4.78 is 16.6. The summed E-state index contributed by atoms with van der Waals surface area (Å²) in [5.74, 6) is 0.618. The largest absolute Gasteiger partial charge is 0.465 e. The van der Waals surface area contributed by atoms with E-state index < -0.39 is 5.97 Å². The summed E-state index contributed by atoms with van der Waals surface area (Å²) in [6.07, 6.45) is 3.59. The van der Waals surface area contributed by atoms with Crippen LogP contribution >= 0.6 is 0 Å². The van der Waals surface area contributed by atoms with Gasteiger partial charge in [-0.2, -0.15) is 0 Å². The minimum absolute atomic E-state index is 0.0141. The van der Waals surface area contributed by atoms with Gasteiger partial charge in [-0.3, -0.25) is 4.79 Å². The predicted molar refractivity (Wildman–Crippen MR) is 116 cm³/mol. The molecule has 0 bridgehead atoms. The number of benzene rings is 2. The van der Waals surface area contributed by atoms with Crippen molar-refractivity contribution in [2.24, 2.45) is 0 Å². The fourth-order valence-electron chi connectivity index (χ4n) is 3.90. The SMILES string of the molecule is COC(=O)C1=C(C)N(CC2CCCO2)C(=O)/C1=C\c1cccc(Oc2ccccc2)c1. The minimum Gasteiger partial charge on any atom is -0.465 e. The highest BCUT2D eigenvalue weighted by Crippen LogP contribution is 2.33. The van der Waals surface area contributed by atoms with Crippen LogP contribution in [0.15, 0.2) is 71.4 Å². The number of allylic oxidation sites excluding steroid dienone is 1. The first-order valence-electron chi connectivity index (χ1n) is 10.3. The molecule has 6 heteroatoms. The number of amides is 1. The Kier molecular flexibility index (Phi) is 6.18. The second-order valence-electron chi connectivity index (χ2n) is 7.55. The van der Waals surface area contributed by atoms with Crippen molar-refractivity contribution in [1.29, 1.82) is 0 Å². The van der Waals surface area contributed by atoms with E-state index in [9.17, 15) is 9.59 Å². The van der Waals surface area contributed by atoms with Crippen molar-refractivity contribution in [3.63, 3.8) is 0 Å². The quantitative estimate of drug-likeness (QED) is 0.515. The summed E-state index contributed by atoms with van der Waals surface area (Å²) in [6, 6.07) is 16.9. The summed E-state index contributed by atoms with van der Waals surface area (Å²) in [5.41, 5.74) is 1.96. The first-order valence-corrected chi connectivity index (χ1v) is 10.3. The molecule has 1 atom stereocenters. The molecule has 0 N–H and O–H groups in total. The van der Waals surface area contributed by atoms with Gasteiger partial charge in [0.15, 0.2) is 0 Å². The van der Waals surface area contributed by atoms with Gasteiger partial charge in [-0.15, -0.1) is 0 Å². The van der Waals surface area contributed by atoms with Crippen LogP contribution < -0.4 is 4.74 Å². The van der Waals surface area contributed by atoms with E-state index in [1.54, 1.807) is 17.9 Å². The zero-order valence-corrected chi connectivity index (χ0v) is 17.7. The van der Waals surface area contributed by atoms with Crippen molar-refractivity contribution < 1.29 is 23.8 Å². The number of carbonyl (C=O) groups excluding carboxylic acids is 2. The van der Waals surface area contributed by atoms with Crippen LogP contribution in [0.25, 0.3) is 6.08 Å². The standard InChI is InChI=1S/C25H25NO5/c1-17-23(25(28)29-2)22(24(27)26(17)16-21-12-7-13-30-21)15-18-8-6-11-20(14-18)31-19-9-4-3-5-10-19/h3-6,8-11,14-15,21H,7,12-13,16H2,1-2H3/b22-15-. The Balaban J connectivity index is 1.64. The van der Waals surface area contributed by atoms with Gasteiger partial charge < -0.3 is 19.1 Å². The lowest BCUT2D eigenvalue weighted by Crippen LogP contribution is -2.33. The van der Waals surface area contributed by atoms with E-state index >= 15 is 0 Å². The summed E-state index contributed by atoms with van der Waals surface area (Å²) in [6.45, 7) is 2.91. The van der Waals surface area contributed by atoms with Crippen LogP contribution in [0.2, 0.25) is 0 Å². The third-order valence-electron chi connectivity index (χ3n) is 5.46. The Morgan fingerprint density at radius 3 is 2.65 bits per heavy atom. The highest BCUT2D eigenvalue weighted by molar-refractivity contribution is 6.16. The van der Waals surface area contributed by atoms with Crippen LogP contribution in [-0.2, 0) is 19.1 Å². The minimum atomic E-state index is -0.524. The molecule has 4 rings (SSSR count). The maximum absolute atomic E-state index is 13.2.